The summed E-state index contributed by atoms with van der Waals surface area (Å²) in [6, 6.07) is 12.9. The fourth-order valence-corrected chi connectivity index (χ4v) is 6.47. The van der Waals surface area contributed by atoms with Crippen LogP contribution in [-0.4, -0.2) is 14.1 Å². The van der Waals surface area contributed by atoms with Crippen molar-refractivity contribution < 1.29 is 19.4 Å². The number of anilines is 1. The Morgan fingerprint density at radius 2 is 1.79 bits per heavy atom. The van der Waals surface area contributed by atoms with Crippen LogP contribution in [0.2, 0.25) is 0 Å². The van der Waals surface area contributed by atoms with E-state index in [-0.39, 0.29) is 0 Å². The third-order valence-corrected chi connectivity index (χ3v) is 8.19. The van der Waals surface area contributed by atoms with Crippen molar-refractivity contribution in [1.82, 2.24) is 0 Å². The zero-order valence-electron chi connectivity index (χ0n) is 10.9. The quantitative estimate of drug-likeness (QED) is 0.662. The van der Waals surface area contributed by atoms with E-state index in [1.807, 2.05) is 0 Å². The molecule has 0 spiro atoms. The van der Waals surface area contributed by atoms with Gasteiger partial charge in [0, 0.05) is 0 Å². The van der Waals surface area contributed by atoms with Crippen LogP contribution >= 0.6 is 17.0 Å². The fourth-order valence-electron chi connectivity index (χ4n) is 2.78. The Kier molecular flexibility index (Phi) is 3.77. The van der Waals surface area contributed by atoms with Crippen LogP contribution in [0.25, 0.3) is 11.1 Å². The van der Waals surface area contributed by atoms with Crippen LogP contribution in [0.4, 0.5) is 5.69 Å². The minimum atomic E-state index is -2.40. The second kappa shape index (κ2) is 5.24. The number of rotatable bonds is 2. The van der Waals surface area contributed by atoms with Gasteiger partial charge in [0.2, 0.25) is 0 Å². The Labute approximate surface area is 128 Å². The van der Waals surface area contributed by atoms with Crippen molar-refractivity contribution in [3.05, 3.63) is 47.5 Å². The molecular weight excluding hydrogens is 356 g/mol. The van der Waals surface area contributed by atoms with Gasteiger partial charge in [0.15, 0.2) is 0 Å². The Morgan fingerprint density at radius 1 is 1.05 bits per heavy atom. The minimum absolute atomic E-state index is 0.964. The van der Waals surface area contributed by atoms with Crippen molar-refractivity contribution in [3.63, 3.8) is 0 Å². The summed E-state index contributed by atoms with van der Waals surface area (Å²) < 4.78 is 1.22. The molecule has 0 unspecified atom stereocenters. The van der Waals surface area contributed by atoms with Gasteiger partial charge < -0.3 is 0 Å². The molecule has 0 atom stereocenters. The van der Waals surface area contributed by atoms with E-state index in [0.717, 1.165) is 6.42 Å². The zero-order chi connectivity index (χ0) is 13.6. The number of halogens is 2. The molecule has 0 saturated carbocycles. The molecule has 0 aliphatic heterocycles. The van der Waals surface area contributed by atoms with Gasteiger partial charge in [-0.1, -0.05) is 0 Å². The van der Waals surface area contributed by atoms with Crippen LogP contribution in [0.15, 0.2) is 36.4 Å². The van der Waals surface area contributed by atoms with E-state index in [9.17, 15) is 0 Å². The number of nitrogens with zero attached hydrogens (tertiary/aromatic N) is 1. The molecule has 0 saturated heterocycles. The molecule has 4 heteroatoms. The van der Waals surface area contributed by atoms with Gasteiger partial charge in [-0.25, -0.2) is 0 Å². The molecule has 2 aromatic carbocycles. The van der Waals surface area contributed by atoms with E-state index in [1.165, 1.54) is 31.2 Å². The summed E-state index contributed by atoms with van der Waals surface area (Å²) >= 11 is -2.40. The first-order valence-electron chi connectivity index (χ1n) is 6.19. The first-order chi connectivity index (χ1) is 9.09. The average molecular weight is 370 g/mol. The van der Waals surface area contributed by atoms with Crippen molar-refractivity contribution in [1.29, 1.82) is 0 Å². The molecule has 0 amide bonds. The van der Waals surface area contributed by atoms with Gasteiger partial charge in [-0.3, -0.25) is 0 Å². The maximum atomic E-state index is 6.31. The van der Waals surface area contributed by atoms with Gasteiger partial charge in [0.1, 0.15) is 0 Å². The van der Waals surface area contributed by atoms with E-state index in [0.29, 0.717) is 0 Å². The van der Waals surface area contributed by atoms with Gasteiger partial charge in [-0.05, 0) is 0 Å². The Bertz CT molecular complexity index is 638. The van der Waals surface area contributed by atoms with E-state index in [4.69, 9.17) is 17.0 Å². The molecule has 0 heterocycles. The summed E-state index contributed by atoms with van der Waals surface area (Å²) in [6.45, 7) is 0. The SMILES string of the molecule is CN(C)c1cc[c]([Zr]([Cl])[Cl])c2c1-c1ccccc1C2. The van der Waals surface area contributed by atoms with E-state index < -0.39 is 19.4 Å². The molecule has 0 bridgehead atoms. The molecule has 2 aromatic rings. The van der Waals surface area contributed by atoms with Crippen LogP contribution in [0.3, 0.4) is 0 Å². The normalized spacial score (nSPS) is 12.0. The molecule has 1 aliphatic carbocycles. The van der Waals surface area contributed by atoms with Gasteiger partial charge in [0.25, 0.3) is 0 Å². The molecule has 19 heavy (non-hydrogen) atoms. The van der Waals surface area contributed by atoms with Crippen molar-refractivity contribution in [3.8, 4) is 11.1 Å². The summed E-state index contributed by atoms with van der Waals surface area (Å²) in [7, 11) is 16.8. The molecule has 97 valence electrons. The van der Waals surface area contributed by atoms with Crippen LogP contribution in [-0.2, 0) is 25.8 Å². The monoisotopic (exact) mass is 368 g/mol. The van der Waals surface area contributed by atoms with Gasteiger partial charge in [-0.2, -0.15) is 0 Å². The van der Waals surface area contributed by atoms with Crippen molar-refractivity contribution in [2.45, 2.75) is 6.42 Å². The second-order valence-corrected chi connectivity index (χ2v) is 13.2. The van der Waals surface area contributed by atoms with Gasteiger partial charge in [0.05, 0.1) is 0 Å². The van der Waals surface area contributed by atoms with Crippen LogP contribution in [0.1, 0.15) is 11.1 Å². The van der Waals surface area contributed by atoms with Crippen LogP contribution in [0.5, 0.6) is 0 Å². The summed E-state index contributed by atoms with van der Waals surface area (Å²) in [5.41, 5.74) is 6.65. The van der Waals surface area contributed by atoms with Crippen LogP contribution < -0.4 is 8.17 Å². The van der Waals surface area contributed by atoms with Crippen molar-refractivity contribution in [2.24, 2.45) is 0 Å². The Morgan fingerprint density at radius 3 is 2.47 bits per heavy atom. The standard InChI is InChI=1S/C15H14N.2ClH.Zr/c1-16(2)14-9-5-7-12-10-11-6-3-4-8-13(11)15(12)14;;;/h3-6,8-9H,10H2,1-2H3;2*1H;/q;;;+2/p-2. The Hall–Kier alpha value is -0.297. The summed E-state index contributed by atoms with van der Waals surface area (Å²) in [4.78, 5) is 2.16. The van der Waals surface area contributed by atoms with Gasteiger partial charge >= 0.3 is 129 Å². The number of hydrogen-bond acceptors (Lipinski definition) is 1. The van der Waals surface area contributed by atoms with E-state index >= 15 is 0 Å². The van der Waals surface area contributed by atoms with E-state index in [2.05, 4.69) is 55.4 Å². The van der Waals surface area contributed by atoms with E-state index in [1.54, 1.807) is 0 Å². The predicted octanol–water partition coefficient (Wildman–Crippen LogP) is 3.87. The molecule has 1 nitrogen and oxygen atoms in total. The molecule has 0 fully saturated rings. The predicted molar refractivity (Wildman–Crippen MR) is 80.4 cm³/mol. The van der Waals surface area contributed by atoms with Gasteiger partial charge in [-0.15, -0.1) is 0 Å². The summed E-state index contributed by atoms with van der Waals surface area (Å²) in [5.74, 6) is 0. The molecule has 0 radical (unpaired) electrons. The number of benzene rings is 2. The molecule has 1 aliphatic rings. The van der Waals surface area contributed by atoms with Crippen LogP contribution in [0, 0.1) is 0 Å². The summed E-state index contributed by atoms with van der Waals surface area (Å²) in [5, 5.41) is 0. The number of hydrogen-bond donors (Lipinski definition) is 0. The third kappa shape index (κ3) is 2.29. The first kappa shape index (κ1) is 13.7. The zero-order valence-corrected chi connectivity index (χ0v) is 14.8. The molecule has 3 rings (SSSR count). The van der Waals surface area contributed by atoms with Crippen molar-refractivity contribution >= 4 is 26.0 Å². The van der Waals surface area contributed by atoms with Crippen molar-refractivity contribution in [2.75, 3.05) is 19.0 Å². The molecule has 0 aromatic heterocycles. The molecule has 0 N–H and O–H groups in total. The Balaban J connectivity index is 2.30. The average Bonchev–Trinajstić information content (AvgIpc) is 2.76. The fraction of sp³-hybridized carbons (Fsp3) is 0.200. The topological polar surface area (TPSA) is 3.24 Å². The third-order valence-electron chi connectivity index (χ3n) is 3.63. The summed E-state index contributed by atoms with van der Waals surface area (Å²) in [6.07, 6.45) is 0.964. The first-order valence-corrected chi connectivity index (χ1v) is 13.8. The second-order valence-electron chi connectivity index (χ2n) is 4.97. The molecular formula is C15H14Cl2NZr. The number of fused-ring (bicyclic) bond motifs is 3. The maximum absolute atomic E-state index is 6.31.